The van der Waals surface area contributed by atoms with Gasteiger partial charge in [-0.2, -0.15) is 0 Å². The van der Waals surface area contributed by atoms with E-state index < -0.39 is 6.10 Å². The smallest absolute Gasteiger partial charge is 0.306 e. The van der Waals surface area contributed by atoms with Crippen molar-refractivity contribution in [3.63, 3.8) is 0 Å². The van der Waals surface area contributed by atoms with Gasteiger partial charge in [0, 0.05) is 19.3 Å². The molecule has 410 valence electrons. The van der Waals surface area contributed by atoms with Gasteiger partial charge in [0.25, 0.3) is 0 Å². The molecule has 1 atom stereocenters. The standard InChI is InChI=1S/C63H122O6/c1-4-7-10-13-16-19-22-25-28-30-32-34-35-38-41-44-47-50-53-56-62(65)68-59-60(58-67-61(64)55-52-49-46-43-40-37-27-24-21-18-15-12-9-6-3)69-63(66)57-54-51-48-45-42-39-36-33-31-29-26-23-20-17-14-11-8-5-2/h60H,4-59H2,1-3H3/t60-/m1/s1. The molecular weight excluding hydrogens is 853 g/mol. The van der Waals surface area contributed by atoms with Crippen LogP contribution in [0.1, 0.15) is 367 Å². The molecule has 0 radical (unpaired) electrons. The van der Waals surface area contributed by atoms with E-state index in [0.717, 1.165) is 57.8 Å². The third-order valence-electron chi connectivity index (χ3n) is 14.6. The van der Waals surface area contributed by atoms with Crippen molar-refractivity contribution in [1.82, 2.24) is 0 Å². The molecule has 0 rings (SSSR count). The first-order valence-electron chi connectivity index (χ1n) is 31.5. The quantitative estimate of drug-likeness (QED) is 0.0343. The van der Waals surface area contributed by atoms with Crippen LogP contribution >= 0.6 is 0 Å². The van der Waals surface area contributed by atoms with Crippen LogP contribution in [-0.2, 0) is 28.6 Å². The second kappa shape index (κ2) is 59.0. The monoisotopic (exact) mass is 975 g/mol. The fourth-order valence-electron chi connectivity index (χ4n) is 9.86. The van der Waals surface area contributed by atoms with Crippen LogP contribution in [0.5, 0.6) is 0 Å². The maximum atomic E-state index is 12.9. The van der Waals surface area contributed by atoms with Crippen molar-refractivity contribution >= 4 is 17.9 Å². The highest BCUT2D eigenvalue weighted by Crippen LogP contribution is 2.18. The molecule has 0 N–H and O–H groups in total. The molecule has 0 aromatic heterocycles. The van der Waals surface area contributed by atoms with Gasteiger partial charge in [-0.25, -0.2) is 0 Å². The first-order chi connectivity index (χ1) is 34.0. The van der Waals surface area contributed by atoms with Crippen molar-refractivity contribution < 1.29 is 28.6 Å². The Labute approximate surface area is 431 Å². The molecule has 0 aliphatic carbocycles. The molecular formula is C63H122O6. The molecule has 0 unspecified atom stereocenters. The first-order valence-corrected chi connectivity index (χ1v) is 31.5. The first kappa shape index (κ1) is 67.4. The number of hydrogen-bond acceptors (Lipinski definition) is 6. The van der Waals surface area contributed by atoms with Crippen LogP contribution in [0, 0.1) is 0 Å². The van der Waals surface area contributed by atoms with Crippen LogP contribution in [-0.4, -0.2) is 37.2 Å². The molecule has 0 heterocycles. The summed E-state index contributed by atoms with van der Waals surface area (Å²) in [6.07, 6.45) is 66.7. The number of hydrogen-bond donors (Lipinski definition) is 0. The number of unbranched alkanes of at least 4 members (excludes halogenated alkanes) is 48. The van der Waals surface area contributed by atoms with E-state index in [1.54, 1.807) is 0 Å². The average molecular weight is 976 g/mol. The maximum absolute atomic E-state index is 12.9. The van der Waals surface area contributed by atoms with Gasteiger partial charge in [-0.05, 0) is 19.3 Å². The summed E-state index contributed by atoms with van der Waals surface area (Å²) in [5, 5.41) is 0. The minimum atomic E-state index is -0.762. The molecule has 0 spiro atoms. The Hall–Kier alpha value is -1.59. The molecule has 0 saturated carbocycles. The molecule has 0 saturated heterocycles. The molecule has 0 amide bonds. The van der Waals surface area contributed by atoms with E-state index in [9.17, 15) is 14.4 Å². The Morgan fingerprint density at radius 3 is 0.580 bits per heavy atom. The minimum Gasteiger partial charge on any atom is -0.462 e. The summed E-state index contributed by atoms with van der Waals surface area (Å²) in [6, 6.07) is 0. The molecule has 6 nitrogen and oxygen atoms in total. The Balaban J connectivity index is 4.27. The third-order valence-corrected chi connectivity index (χ3v) is 14.6. The van der Waals surface area contributed by atoms with Gasteiger partial charge >= 0.3 is 17.9 Å². The lowest BCUT2D eigenvalue weighted by Crippen LogP contribution is -2.30. The lowest BCUT2D eigenvalue weighted by molar-refractivity contribution is -0.167. The molecule has 0 aliphatic rings. The van der Waals surface area contributed by atoms with Gasteiger partial charge in [-0.1, -0.05) is 329 Å². The topological polar surface area (TPSA) is 78.9 Å². The highest BCUT2D eigenvalue weighted by atomic mass is 16.6. The van der Waals surface area contributed by atoms with Crippen LogP contribution in [0.4, 0.5) is 0 Å². The predicted molar refractivity (Wildman–Crippen MR) is 298 cm³/mol. The van der Waals surface area contributed by atoms with Crippen LogP contribution in [0.2, 0.25) is 0 Å². The molecule has 0 aliphatic heterocycles. The molecule has 0 aromatic rings. The normalized spacial score (nSPS) is 11.9. The van der Waals surface area contributed by atoms with Crippen molar-refractivity contribution in [2.24, 2.45) is 0 Å². The van der Waals surface area contributed by atoms with Gasteiger partial charge in [0.2, 0.25) is 0 Å². The van der Waals surface area contributed by atoms with Crippen LogP contribution in [0.15, 0.2) is 0 Å². The average Bonchev–Trinajstić information content (AvgIpc) is 3.35. The summed E-state index contributed by atoms with van der Waals surface area (Å²) < 4.78 is 16.9. The lowest BCUT2D eigenvalue weighted by atomic mass is 10.0. The third kappa shape index (κ3) is 57.2. The number of ether oxygens (including phenoxy) is 3. The number of esters is 3. The second-order valence-electron chi connectivity index (χ2n) is 21.7. The van der Waals surface area contributed by atoms with Gasteiger partial charge in [0.05, 0.1) is 0 Å². The van der Waals surface area contributed by atoms with Crippen LogP contribution in [0.3, 0.4) is 0 Å². The van der Waals surface area contributed by atoms with E-state index in [1.165, 1.54) is 270 Å². The molecule has 0 aromatic carbocycles. The Kier molecular flexibility index (Phi) is 57.6. The summed E-state index contributed by atoms with van der Waals surface area (Å²) >= 11 is 0. The summed E-state index contributed by atoms with van der Waals surface area (Å²) in [5.74, 6) is -0.825. The summed E-state index contributed by atoms with van der Waals surface area (Å²) in [5.41, 5.74) is 0. The number of rotatable bonds is 59. The zero-order valence-corrected chi connectivity index (χ0v) is 47.1. The van der Waals surface area contributed by atoms with Crippen LogP contribution < -0.4 is 0 Å². The highest BCUT2D eigenvalue weighted by Gasteiger charge is 2.19. The van der Waals surface area contributed by atoms with E-state index in [0.29, 0.717) is 19.3 Å². The maximum Gasteiger partial charge on any atom is 0.306 e. The lowest BCUT2D eigenvalue weighted by Gasteiger charge is -2.18. The van der Waals surface area contributed by atoms with Crippen molar-refractivity contribution in [3.8, 4) is 0 Å². The molecule has 0 fully saturated rings. The number of carbonyl (C=O) groups excluding carboxylic acids is 3. The van der Waals surface area contributed by atoms with Gasteiger partial charge < -0.3 is 14.2 Å². The van der Waals surface area contributed by atoms with Gasteiger partial charge in [0.1, 0.15) is 13.2 Å². The van der Waals surface area contributed by atoms with E-state index in [1.807, 2.05) is 0 Å². The van der Waals surface area contributed by atoms with Crippen molar-refractivity contribution in [2.45, 2.75) is 374 Å². The SMILES string of the molecule is CCCCCCCCCCCCCCCCCCCCCC(=O)OC[C@@H](COC(=O)CCCCCCCCCCCCCCCC)OC(=O)CCCCCCCCCCCCCCCCCCCC. The van der Waals surface area contributed by atoms with Crippen molar-refractivity contribution in [2.75, 3.05) is 13.2 Å². The molecule has 0 bridgehead atoms. The second-order valence-corrected chi connectivity index (χ2v) is 21.7. The van der Waals surface area contributed by atoms with Crippen LogP contribution in [0.25, 0.3) is 0 Å². The fraction of sp³-hybridized carbons (Fsp3) is 0.952. The fourth-order valence-corrected chi connectivity index (χ4v) is 9.86. The molecule has 6 heteroatoms. The Morgan fingerprint density at radius 2 is 0.391 bits per heavy atom. The summed E-state index contributed by atoms with van der Waals surface area (Å²) in [4.78, 5) is 38.3. The van der Waals surface area contributed by atoms with Gasteiger partial charge in [0.15, 0.2) is 6.10 Å². The van der Waals surface area contributed by atoms with Crippen molar-refractivity contribution in [3.05, 3.63) is 0 Å². The summed E-state index contributed by atoms with van der Waals surface area (Å²) in [7, 11) is 0. The Bertz CT molecular complexity index is 1030. The van der Waals surface area contributed by atoms with Gasteiger partial charge in [-0.15, -0.1) is 0 Å². The highest BCUT2D eigenvalue weighted by molar-refractivity contribution is 5.71. The minimum absolute atomic E-state index is 0.0606. The predicted octanol–water partition coefficient (Wildman–Crippen LogP) is 21.1. The molecule has 69 heavy (non-hydrogen) atoms. The van der Waals surface area contributed by atoms with Gasteiger partial charge in [-0.3, -0.25) is 14.4 Å². The van der Waals surface area contributed by atoms with E-state index in [4.69, 9.17) is 14.2 Å². The van der Waals surface area contributed by atoms with E-state index >= 15 is 0 Å². The zero-order chi connectivity index (χ0) is 50.0. The largest absolute Gasteiger partial charge is 0.462 e. The van der Waals surface area contributed by atoms with E-state index in [-0.39, 0.29) is 31.1 Å². The van der Waals surface area contributed by atoms with E-state index in [2.05, 4.69) is 20.8 Å². The Morgan fingerprint density at radius 1 is 0.232 bits per heavy atom. The number of carbonyl (C=O) groups is 3. The zero-order valence-electron chi connectivity index (χ0n) is 47.1. The van der Waals surface area contributed by atoms with Crippen molar-refractivity contribution in [1.29, 1.82) is 0 Å². The summed E-state index contributed by atoms with van der Waals surface area (Å²) in [6.45, 7) is 6.73.